The van der Waals surface area contributed by atoms with Crippen LogP contribution in [0.2, 0.25) is 0 Å². The van der Waals surface area contributed by atoms with Crippen molar-refractivity contribution in [1.29, 1.82) is 0 Å². The third kappa shape index (κ3) is 43.3. The van der Waals surface area contributed by atoms with Crippen molar-refractivity contribution < 1.29 is 118 Å². The number of nitrogens with zero attached hydrogens (tertiary/aromatic N) is 7. The van der Waals surface area contributed by atoms with E-state index in [4.69, 9.17) is 25.2 Å². The molecule has 107 heavy (non-hydrogen) atoms. The number of aromatic nitrogens is 3. The summed E-state index contributed by atoms with van der Waals surface area (Å²) < 4.78 is 0. The van der Waals surface area contributed by atoms with Crippen molar-refractivity contribution in [2.24, 2.45) is 0 Å². The van der Waals surface area contributed by atoms with Gasteiger partial charge in [-0.15, -0.1) is 0 Å². The number of carbonyl (C=O) groups excluding carboxylic acids is 4. The maximum atomic E-state index is 12.6. The van der Waals surface area contributed by atoms with Crippen LogP contribution in [-0.2, 0) is 76.8 Å². The van der Waals surface area contributed by atoms with Gasteiger partial charge in [-0.05, 0) is 94.6 Å². The van der Waals surface area contributed by atoms with Crippen molar-refractivity contribution in [3.05, 3.63) is 47.0 Å². The van der Waals surface area contributed by atoms with Crippen LogP contribution >= 0.6 is 0 Å². The number of hydrogen-bond acceptors (Lipinski definition) is 22. The van der Waals surface area contributed by atoms with Gasteiger partial charge < -0.3 is 88.3 Å². The van der Waals surface area contributed by atoms with E-state index in [-0.39, 0.29) is 109 Å². The highest BCUT2D eigenvalue weighted by Crippen LogP contribution is 2.19. The summed E-state index contributed by atoms with van der Waals surface area (Å²) in [4.78, 5) is 187. The lowest BCUT2D eigenvalue weighted by Crippen LogP contribution is -2.53. The fourth-order valence-corrected chi connectivity index (χ4v) is 11.8. The quantitative estimate of drug-likeness (QED) is 0.0421. The first-order valence-electron chi connectivity index (χ1n) is 36.3. The Morgan fingerprint density at radius 1 is 0.374 bits per heavy atom. The van der Waals surface area contributed by atoms with E-state index in [1.54, 1.807) is 19.6 Å². The second kappa shape index (κ2) is 52.1. The standard InChI is InChI=1S/C69H108N14O24/c84-55(70-30-15-12-17-49(63(98)99)73-68(106)75-51(65(102)103)26-28-57(86)87)20-10-6-2-1-5-9-19-53-77-54(79-67(78-53)72-32-14-8-4-3-7-11-21-56(85)71-31-16-13-18-50(64(100)101)74-69(107)76-52(66(104)105)27-29-58(88)89)40-47-24-22-46(23-25-47)39-48-41-82(44-61(94)95)36-35-80(42-59(90)91)33-34-81(43-60(92)93)37-38-83(48)45-62(96)97/h22-25,48-52H,1-21,26-45H2,(H,70,84)(H,71,85)(H,86,87)(H,88,89)(H,90,91)(H,92,93)(H,94,95)(H,96,97)(H,98,99)(H,100,101)(H,102,103)(H,104,105)(H2,73,75,106)(H2,74,76,107)(H,72,77,78,79)/t48?,49-,50-,51-,52-/m0/s1. The molecule has 0 bridgehead atoms. The number of nitrogens with one attached hydrogen (secondary N) is 7. The molecule has 1 aromatic heterocycles. The lowest BCUT2D eigenvalue weighted by molar-refractivity contribution is -0.142. The van der Waals surface area contributed by atoms with Crippen molar-refractivity contribution in [3.63, 3.8) is 0 Å². The molecule has 1 unspecified atom stereocenters. The Morgan fingerprint density at radius 3 is 1.19 bits per heavy atom. The molecule has 0 saturated carbocycles. The fourth-order valence-electron chi connectivity index (χ4n) is 11.8. The number of benzene rings is 1. The topological polar surface area (TPSA) is 577 Å². The van der Waals surface area contributed by atoms with Gasteiger partial charge >= 0.3 is 71.8 Å². The minimum atomic E-state index is -1.53. The normalized spacial score (nSPS) is 15.1. The summed E-state index contributed by atoms with van der Waals surface area (Å²) in [6.07, 6.45) is 11.0. The number of carboxylic acids is 10. The molecular formula is C69H108N14O24. The van der Waals surface area contributed by atoms with Gasteiger partial charge in [0.05, 0.1) is 26.2 Å². The van der Waals surface area contributed by atoms with E-state index in [0.717, 1.165) is 75.3 Å². The Morgan fingerprint density at radius 2 is 0.748 bits per heavy atom. The highest BCUT2D eigenvalue weighted by atomic mass is 16.4. The lowest BCUT2D eigenvalue weighted by atomic mass is 10.0. The number of anilines is 1. The van der Waals surface area contributed by atoms with Crippen LogP contribution in [0.25, 0.3) is 0 Å². The van der Waals surface area contributed by atoms with Crippen molar-refractivity contribution in [3.8, 4) is 0 Å². The predicted octanol–water partition coefficient (Wildman–Crippen LogP) is 2.06. The number of rotatable bonds is 55. The van der Waals surface area contributed by atoms with E-state index >= 15 is 0 Å². The van der Waals surface area contributed by atoms with E-state index < -0.39 is 141 Å². The average Bonchev–Trinajstić information content (AvgIpc) is 0.847. The van der Waals surface area contributed by atoms with Gasteiger partial charge in [-0.2, -0.15) is 9.97 Å². The average molecular weight is 1520 g/mol. The van der Waals surface area contributed by atoms with Crippen molar-refractivity contribution >= 4 is 89.5 Å². The third-order valence-corrected chi connectivity index (χ3v) is 17.5. The summed E-state index contributed by atoms with van der Waals surface area (Å²) in [5.74, 6) is -11.5. The number of hydrogen-bond donors (Lipinski definition) is 17. The van der Waals surface area contributed by atoms with Crippen LogP contribution in [0.5, 0.6) is 0 Å². The van der Waals surface area contributed by atoms with Gasteiger partial charge in [0.25, 0.3) is 0 Å². The molecule has 17 N–H and O–H groups in total. The molecule has 2 aromatic rings. The highest BCUT2D eigenvalue weighted by Gasteiger charge is 2.30. The minimum absolute atomic E-state index is 0.00338. The number of urea groups is 2. The first kappa shape index (κ1) is 91.3. The number of carboxylic acid groups (broad SMARTS) is 10. The molecule has 0 aliphatic carbocycles. The Hall–Kier alpha value is -9.95. The number of amides is 6. The molecule has 1 saturated heterocycles. The third-order valence-electron chi connectivity index (χ3n) is 17.5. The second-order valence-electron chi connectivity index (χ2n) is 26.5. The molecule has 6 amide bonds. The summed E-state index contributed by atoms with van der Waals surface area (Å²) >= 11 is 0. The van der Waals surface area contributed by atoms with Crippen LogP contribution in [0.3, 0.4) is 0 Å². The summed E-state index contributed by atoms with van der Waals surface area (Å²) in [5.41, 5.74) is 1.65. The van der Waals surface area contributed by atoms with Crippen molar-refractivity contribution in [2.45, 2.75) is 204 Å². The smallest absolute Gasteiger partial charge is 0.326 e. The van der Waals surface area contributed by atoms with Gasteiger partial charge in [0, 0.05) is 110 Å². The zero-order valence-corrected chi connectivity index (χ0v) is 60.5. The molecule has 1 aliphatic rings. The molecule has 0 radical (unpaired) electrons. The maximum Gasteiger partial charge on any atom is 0.326 e. The van der Waals surface area contributed by atoms with Gasteiger partial charge in [-0.1, -0.05) is 75.6 Å². The van der Waals surface area contributed by atoms with Gasteiger partial charge in [0.15, 0.2) is 0 Å². The summed E-state index contributed by atoms with van der Waals surface area (Å²) in [6.45, 7) is 0.619. The van der Waals surface area contributed by atoms with E-state index in [9.17, 15) is 108 Å². The Kier molecular flexibility index (Phi) is 44.4. The SMILES string of the molecule is O=C(O)CC[C@H](NC(=O)N[C@@H](CCCCNC(=O)CCCCCCCCNc1nc(CCCCCCCCC(=O)NCCCC[C@H](NC(=O)N[C@@H](CCC(=O)O)C(=O)O)C(=O)O)nc(Cc2ccc(CC3CN(CC(=O)O)CCN(CC(=O)O)CCN(CC(=O)O)CCN3CC(=O)O)cc2)n1)C(=O)O)C(=O)O. The molecule has 2 heterocycles. The second-order valence-corrected chi connectivity index (χ2v) is 26.5. The molecule has 0 spiro atoms. The summed E-state index contributed by atoms with van der Waals surface area (Å²) in [7, 11) is 0. The number of carbonyl (C=O) groups is 14. The van der Waals surface area contributed by atoms with Crippen LogP contribution in [0.15, 0.2) is 24.3 Å². The Balaban J connectivity index is 1.60. The van der Waals surface area contributed by atoms with Crippen molar-refractivity contribution in [2.75, 3.05) is 96.9 Å². The monoisotopic (exact) mass is 1520 g/mol. The van der Waals surface area contributed by atoms with Crippen LogP contribution in [0.1, 0.15) is 177 Å². The summed E-state index contributed by atoms with van der Waals surface area (Å²) in [5, 5.41) is 112. The summed E-state index contributed by atoms with van der Waals surface area (Å²) in [6, 6.07) is -0.860. The highest BCUT2D eigenvalue weighted by molar-refractivity contribution is 5.87. The van der Waals surface area contributed by atoms with Gasteiger partial charge in [0.1, 0.15) is 35.8 Å². The largest absolute Gasteiger partial charge is 0.481 e. The Bertz CT molecular complexity index is 3190. The lowest BCUT2D eigenvalue weighted by Gasteiger charge is -2.37. The van der Waals surface area contributed by atoms with Crippen molar-refractivity contribution in [1.82, 2.24) is 66.5 Å². The van der Waals surface area contributed by atoms with E-state index in [2.05, 4.69) is 37.2 Å². The zero-order chi connectivity index (χ0) is 79.1. The molecular weight excluding hydrogens is 1410 g/mol. The van der Waals surface area contributed by atoms with Crippen LogP contribution in [0, 0.1) is 0 Å². The van der Waals surface area contributed by atoms with Gasteiger partial charge in [-0.25, -0.2) is 33.8 Å². The van der Waals surface area contributed by atoms with Crippen LogP contribution in [-0.4, -0.2) is 291 Å². The maximum absolute atomic E-state index is 12.6. The first-order valence-corrected chi connectivity index (χ1v) is 36.3. The number of aliphatic carboxylic acids is 10. The van der Waals surface area contributed by atoms with Gasteiger partial charge in [-0.3, -0.25) is 58.0 Å². The Labute approximate surface area is 619 Å². The van der Waals surface area contributed by atoms with Gasteiger partial charge in [0.2, 0.25) is 17.8 Å². The van der Waals surface area contributed by atoms with Crippen LogP contribution < -0.4 is 37.2 Å². The number of aryl methyl sites for hydroxylation is 1. The molecule has 598 valence electrons. The fraction of sp³-hybridized carbons (Fsp3) is 0.667. The number of unbranched alkanes of at least 4 members (excludes halogenated alkanes) is 12. The molecule has 38 heteroatoms. The molecule has 1 fully saturated rings. The zero-order valence-electron chi connectivity index (χ0n) is 60.5. The van der Waals surface area contributed by atoms with E-state index in [1.807, 2.05) is 24.3 Å². The first-order chi connectivity index (χ1) is 50.9. The minimum Gasteiger partial charge on any atom is -0.481 e. The van der Waals surface area contributed by atoms with E-state index in [1.165, 1.54) is 0 Å². The molecule has 1 aromatic carbocycles. The molecule has 38 nitrogen and oxygen atoms in total. The molecule has 5 atom stereocenters. The predicted molar refractivity (Wildman–Crippen MR) is 381 cm³/mol. The molecule has 1 aliphatic heterocycles. The van der Waals surface area contributed by atoms with Crippen LogP contribution in [0.4, 0.5) is 15.5 Å². The van der Waals surface area contributed by atoms with E-state index in [0.29, 0.717) is 81.9 Å². The molecule has 3 rings (SSSR count).